The first-order valence-electron chi connectivity index (χ1n) is 8.17. The van der Waals surface area contributed by atoms with Crippen LogP contribution in [0.15, 0.2) is 41.3 Å². The van der Waals surface area contributed by atoms with E-state index in [1.807, 2.05) is 0 Å². The fourth-order valence-corrected chi connectivity index (χ4v) is 3.79. The zero-order valence-electron chi connectivity index (χ0n) is 14.7. The molecule has 0 saturated heterocycles. The van der Waals surface area contributed by atoms with E-state index in [2.05, 4.69) is 10.3 Å². The fraction of sp³-hybridized carbons (Fsp3) is 0.167. The number of benzene rings is 1. The van der Waals surface area contributed by atoms with Gasteiger partial charge >= 0.3 is 6.18 Å². The van der Waals surface area contributed by atoms with Crippen LogP contribution in [0.1, 0.15) is 22.3 Å². The molecule has 0 unspecified atom stereocenters. The molecule has 5 nitrogen and oxygen atoms in total. The molecule has 2 aromatic heterocycles. The quantitative estimate of drug-likeness (QED) is 0.591. The number of hydrogen-bond donors (Lipinski definition) is 1. The molecule has 0 atom stereocenters. The highest BCUT2D eigenvalue weighted by Crippen LogP contribution is 2.37. The lowest BCUT2D eigenvalue weighted by atomic mass is 10.2. The van der Waals surface area contributed by atoms with Crippen molar-refractivity contribution in [3.8, 4) is 16.3 Å². The molecule has 0 saturated carbocycles. The number of nitrogens with one attached hydrogen (secondary N) is 1. The van der Waals surface area contributed by atoms with Crippen LogP contribution in [-0.2, 0) is 6.18 Å². The molecule has 0 fully saturated rings. The number of pyridine rings is 1. The zero-order chi connectivity index (χ0) is 21.3. The summed E-state index contributed by atoms with van der Waals surface area (Å²) in [6.45, 7) is 1.80. The Labute approximate surface area is 176 Å². The Morgan fingerprint density at radius 2 is 1.86 bits per heavy atom. The Kier molecular flexibility index (Phi) is 6.02. The molecule has 0 aliphatic heterocycles. The summed E-state index contributed by atoms with van der Waals surface area (Å²) >= 11 is 12.3. The van der Waals surface area contributed by atoms with Crippen LogP contribution in [0.3, 0.4) is 0 Å². The summed E-state index contributed by atoms with van der Waals surface area (Å²) in [4.78, 5) is 27.3. The van der Waals surface area contributed by atoms with Gasteiger partial charge in [-0.15, -0.1) is 11.3 Å². The molecular weight excluding hydrogens is 450 g/mol. The predicted octanol–water partition coefficient (Wildman–Crippen LogP) is 5.04. The predicted molar refractivity (Wildman–Crippen MR) is 106 cm³/mol. The van der Waals surface area contributed by atoms with Gasteiger partial charge in [0.15, 0.2) is 5.69 Å². The van der Waals surface area contributed by atoms with E-state index in [1.54, 1.807) is 6.92 Å². The van der Waals surface area contributed by atoms with Gasteiger partial charge in [-0.25, -0.2) is 4.98 Å². The summed E-state index contributed by atoms with van der Waals surface area (Å²) in [6, 6.07) is 7.52. The number of carbonyl (C=O) groups is 1. The third kappa shape index (κ3) is 4.31. The SMILES string of the molecule is CCNC(=O)c1sc(-c2ccc(-n3ccc(Cl)c(Cl)c3=O)cc2)nc1C(F)(F)F. The van der Waals surface area contributed by atoms with Crippen LogP contribution in [0.4, 0.5) is 13.2 Å². The van der Waals surface area contributed by atoms with Crippen molar-refractivity contribution in [3.05, 3.63) is 67.5 Å². The van der Waals surface area contributed by atoms with Crippen molar-refractivity contribution in [2.45, 2.75) is 13.1 Å². The molecule has 1 N–H and O–H groups in total. The lowest BCUT2D eigenvalue weighted by Crippen LogP contribution is -2.24. The Bertz CT molecular complexity index is 1120. The fourth-order valence-electron chi connectivity index (χ4n) is 2.49. The number of aromatic nitrogens is 2. The van der Waals surface area contributed by atoms with Gasteiger partial charge in [0.05, 0.1) is 5.02 Å². The van der Waals surface area contributed by atoms with Crippen LogP contribution in [0, 0.1) is 0 Å². The molecule has 0 spiro atoms. The highest BCUT2D eigenvalue weighted by molar-refractivity contribution is 7.17. The molecule has 2 heterocycles. The number of amides is 1. The van der Waals surface area contributed by atoms with Crippen molar-refractivity contribution < 1.29 is 18.0 Å². The Balaban J connectivity index is 2.01. The Morgan fingerprint density at radius 1 is 1.21 bits per heavy atom. The van der Waals surface area contributed by atoms with Crippen LogP contribution >= 0.6 is 34.5 Å². The first-order chi connectivity index (χ1) is 13.6. The maximum atomic E-state index is 13.3. The molecule has 11 heteroatoms. The molecule has 0 aliphatic carbocycles. The summed E-state index contributed by atoms with van der Waals surface area (Å²) < 4.78 is 41.1. The number of rotatable bonds is 4. The maximum Gasteiger partial charge on any atom is 0.435 e. The van der Waals surface area contributed by atoms with Gasteiger partial charge in [-0.05, 0) is 37.3 Å². The van der Waals surface area contributed by atoms with Crippen molar-refractivity contribution in [1.29, 1.82) is 0 Å². The standard InChI is InChI=1S/C18H12Cl2F3N3O2S/c1-2-24-15(27)13-14(18(21,22)23)25-16(29-13)9-3-5-10(6-4-9)26-8-7-11(19)12(20)17(26)28/h3-8H,2H2,1H3,(H,24,27). The van der Waals surface area contributed by atoms with E-state index >= 15 is 0 Å². The van der Waals surface area contributed by atoms with Crippen LogP contribution in [0.25, 0.3) is 16.3 Å². The molecule has 0 aliphatic rings. The van der Waals surface area contributed by atoms with Crippen molar-refractivity contribution in [1.82, 2.24) is 14.9 Å². The van der Waals surface area contributed by atoms with Crippen LogP contribution in [-0.4, -0.2) is 22.0 Å². The Morgan fingerprint density at radius 3 is 2.45 bits per heavy atom. The molecule has 0 radical (unpaired) electrons. The summed E-state index contributed by atoms with van der Waals surface area (Å²) in [5, 5.41) is 2.37. The molecule has 152 valence electrons. The highest BCUT2D eigenvalue weighted by Gasteiger charge is 2.39. The summed E-state index contributed by atoms with van der Waals surface area (Å²) in [6.07, 6.45) is -3.33. The smallest absolute Gasteiger partial charge is 0.352 e. The van der Waals surface area contributed by atoms with E-state index in [0.29, 0.717) is 22.6 Å². The van der Waals surface area contributed by atoms with Gasteiger partial charge in [-0.3, -0.25) is 14.2 Å². The van der Waals surface area contributed by atoms with E-state index in [4.69, 9.17) is 23.2 Å². The zero-order valence-corrected chi connectivity index (χ0v) is 17.0. The first-order valence-corrected chi connectivity index (χ1v) is 9.74. The average molecular weight is 462 g/mol. The van der Waals surface area contributed by atoms with Gasteiger partial charge in [0.25, 0.3) is 11.5 Å². The molecule has 3 aromatic rings. The second-order valence-corrected chi connectivity index (χ2v) is 7.54. The topological polar surface area (TPSA) is 64.0 Å². The molecule has 0 bridgehead atoms. The molecule has 1 amide bonds. The van der Waals surface area contributed by atoms with Crippen LogP contribution < -0.4 is 10.9 Å². The molecular formula is C18H12Cl2F3N3O2S. The van der Waals surface area contributed by atoms with Gasteiger partial charge in [0.1, 0.15) is 14.9 Å². The maximum absolute atomic E-state index is 13.3. The summed E-state index contributed by atoms with van der Waals surface area (Å²) in [5.74, 6) is -0.831. The second kappa shape index (κ2) is 8.17. The summed E-state index contributed by atoms with van der Waals surface area (Å²) in [7, 11) is 0. The lowest BCUT2D eigenvalue weighted by molar-refractivity contribution is -0.141. The Hall–Kier alpha value is -2.36. The van der Waals surface area contributed by atoms with Gasteiger partial charge in [-0.2, -0.15) is 13.2 Å². The number of alkyl halides is 3. The van der Waals surface area contributed by atoms with Gasteiger partial charge in [0.2, 0.25) is 0 Å². The third-order valence-corrected chi connectivity index (χ3v) is 5.70. The van der Waals surface area contributed by atoms with E-state index in [1.165, 1.54) is 41.1 Å². The van der Waals surface area contributed by atoms with Crippen molar-refractivity contribution in [3.63, 3.8) is 0 Å². The largest absolute Gasteiger partial charge is 0.435 e. The number of carbonyl (C=O) groups excluding carboxylic acids is 1. The van der Waals surface area contributed by atoms with Gasteiger partial charge in [-0.1, -0.05) is 23.2 Å². The van der Waals surface area contributed by atoms with E-state index < -0.39 is 28.2 Å². The van der Waals surface area contributed by atoms with Crippen LogP contribution in [0.2, 0.25) is 10.0 Å². The lowest BCUT2D eigenvalue weighted by Gasteiger charge is -2.07. The third-order valence-electron chi connectivity index (χ3n) is 3.82. The number of halogens is 5. The molecule has 3 rings (SSSR count). The number of thiazole rings is 1. The average Bonchev–Trinajstić information content (AvgIpc) is 3.13. The van der Waals surface area contributed by atoms with Crippen molar-refractivity contribution in [2.24, 2.45) is 0 Å². The highest BCUT2D eigenvalue weighted by atomic mass is 35.5. The second-order valence-electron chi connectivity index (χ2n) is 5.75. The minimum absolute atomic E-state index is 0.0339. The first kappa shape index (κ1) is 21.4. The van der Waals surface area contributed by atoms with E-state index in [-0.39, 0.29) is 21.6 Å². The molecule has 1 aromatic carbocycles. The normalized spacial score (nSPS) is 11.5. The van der Waals surface area contributed by atoms with E-state index in [0.717, 1.165) is 0 Å². The number of hydrogen-bond acceptors (Lipinski definition) is 4. The number of nitrogens with zero attached hydrogens (tertiary/aromatic N) is 2. The van der Waals surface area contributed by atoms with Crippen molar-refractivity contribution in [2.75, 3.05) is 6.54 Å². The summed E-state index contributed by atoms with van der Waals surface area (Å²) in [5.41, 5.74) is -0.950. The van der Waals surface area contributed by atoms with Gasteiger partial charge < -0.3 is 5.32 Å². The minimum atomic E-state index is -4.76. The van der Waals surface area contributed by atoms with Gasteiger partial charge in [0, 0.05) is 24.0 Å². The minimum Gasteiger partial charge on any atom is -0.352 e. The van der Waals surface area contributed by atoms with Crippen molar-refractivity contribution >= 4 is 40.4 Å². The van der Waals surface area contributed by atoms with Crippen LogP contribution in [0.5, 0.6) is 0 Å². The molecule has 29 heavy (non-hydrogen) atoms. The van der Waals surface area contributed by atoms with E-state index in [9.17, 15) is 22.8 Å². The monoisotopic (exact) mass is 461 g/mol.